The van der Waals surface area contributed by atoms with Gasteiger partial charge in [0.2, 0.25) is 5.91 Å². The predicted molar refractivity (Wildman–Crippen MR) is 106 cm³/mol. The Morgan fingerprint density at radius 1 is 1.14 bits per heavy atom. The summed E-state index contributed by atoms with van der Waals surface area (Å²) in [6, 6.07) is 14.5. The van der Waals surface area contributed by atoms with Gasteiger partial charge in [-0.15, -0.1) is 11.3 Å². The van der Waals surface area contributed by atoms with E-state index in [-0.39, 0.29) is 11.9 Å². The van der Waals surface area contributed by atoms with E-state index in [1.54, 1.807) is 6.07 Å². The van der Waals surface area contributed by atoms with Crippen LogP contribution in [0.1, 0.15) is 41.9 Å². The maximum Gasteiger partial charge on any atom is 0.416 e. The van der Waals surface area contributed by atoms with E-state index < -0.39 is 17.2 Å². The van der Waals surface area contributed by atoms with Gasteiger partial charge in [-0.2, -0.15) is 13.2 Å². The minimum atomic E-state index is -4.43. The monoisotopic (exact) mass is 416 g/mol. The van der Waals surface area contributed by atoms with Crippen molar-refractivity contribution in [2.45, 2.75) is 37.4 Å². The van der Waals surface area contributed by atoms with Gasteiger partial charge in [0, 0.05) is 10.9 Å². The van der Waals surface area contributed by atoms with Gasteiger partial charge < -0.3 is 5.32 Å². The van der Waals surface area contributed by atoms with Crippen LogP contribution in [0.4, 0.5) is 13.2 Å². The zero-order valence-corrected chi connectivity index (χ0v) is 16.5. The lowest BCUT2D eigenvalue weighted by Gasteiger charge is -2.20. The summed E-state index contributed by atoms with van der Waals surface area (Å²) in [5.41, 5.74) is 0.646. The summed E-state index contributed by atoms with van der Waals surface area (Å²) in [5.74, 6) is -0.249. The van der Waals surface area contributed by atoms with E-state index in [1.807, 2.05) is 42.6 Å². The number of thiazole rings is 1. The van der Waals surface area contributed by atoms with Crippen molar-refractivity contribution in [1.82, 2.24) is 10.3 Å². The van der Waals surface area contributed by atoms with Crippen LogP contribution in [-0.2, 0) is 16.4 Å². The highest BCUT2D eigenvalue weighted by Crippen LogP contribution is 2.49. The lowest BCUT2D eigenvalue weighted by molar-refractivity contribution is -0.137. The predicted octanol–water partition coefficient (Wildman–Crippen LogP) is 5.74. The number of amides is 1. The Bertz CT molecular complexity index is 1030. The second kappa shape index (κ2) is 7.30. The minimum Gasteiger partial charge on any atom is -0.346 e. The highest BCUT2D eigenvalue weighted by molar-refractivity contribution is 7.10. The van der Waals surface area contributed by atoms with E-state index in [0.717, 1.165) is 28.4 Å². The van der Waals surface area contributed by atoms with Crippen LogP contribution in [0.2, 0.25) is 0 Å². The standard InChI is InChI=1S/C22H19F3N2OS/c1-14(19-27-18(13-29-19)15-6-3-2-4-7-15)26-20(28)21(10-11-21)16-8-5-9-17(12-16)22(23,24)25/h2-9,12-14H,10-11H2,1H3,(H,26,28). The van der Waals surface area contributed by atoms with E-state index in [1.165, 1.54) is 17.4 Å². The van der Waals surface area contributed by atoms with Crippen molar-refractivity contribution in [2.24, 2.45) is 0 Å². The maximum atomic E-state index is 13.0. The summed E-state index contributed by atoms with van der Waals surface area (Å²) in [7, 11) is 0. The van der Waals surface area contributed by atoms with Gasteiger partial charge in [0.1, 0.15) is 5.01 Å². The largest absolute Gasteiger partial charge is 0.416 e. The molecular weight excluding hydrogens is 397 g/mol. The smallest absolute Gasteiger partial charge is 0.346 e. The average Bonchev–Trinajstić information content (AvgIpc) is 3.38. The molecule has 1 heterocycles. The van der Waals surface area contributed by atoms with Crippen LogP contribution in [0.15, 0.2) is 60.0 Å². The van der Waals surface area contributed by atoms with Gasteiger partial charge >= 0.3 is 6.18 Å². The molecule has 1 amide bonds. The number of hydrogen-bond donors (Lipinski definition) is 1. The van der Waals surface area contributed by atoms with E-state index in [0.29, 0.717) is 18.4 Å². The van der Waals surface area contributed by atoms with Crippen LogP contribution < -0.4 is 5.32 Å². The summed E-state index contributed by atoms with van der Waals surface area (Å²) in [6.45, 7) is 1.84. The van der Waals surface area contributed by atoms with Gasteiger partial charge in [-0.3, -0.25) is 4.79 Å². The molecule has 0 radical (unpaired) electrons. The number of hydrogen-bond acceptors (Lipinski definition) is 3. The fourth-order valence-electron chi connectivity index (χ4n) is 3.39. The summed E-state index contributed by atoms with van der Waals surface area (Å²) < 4.78 is 39.1. The normalized spacial score (nSPS) is 16.3. The van der Waals surface area contributed by atoms with Crippen LogP contribution in [0, 0.1) is 0 Å². The zero-order chi connectivity index (χ0) is 20.6. The Labute approximate surface area is 170 Å². The molecule has 1 saturated carbocycles. The van der Waals surface area contributed by atoms with Crippen LogP contribution in [-0.4, -0.2) is 10.9 Å². The lowest BCUT2D eigenvalue weighted by Crippen LogP contribution is -2.36. The molecular formula is C22H19F3N2OS. The fraction of sp³-hybridized carbons (Fsp3) is 0.273. The molecule has 1 unspecified atom stereocenters. The summed E-state index contributed by atoms with van der Waals surface area (Å²) in [4.78, 5) is 17.5. The molecule has 150 valence electrons. The third-order valence-electron chi connectivity index (χ3n) is 5.24. The Balaban J connectivity index is 1.50. The fourth-order valence-corrected chi connectivity index (χ4v) is 4.22. The van der Waals surface area contributed by atoms with E-state index in [4.69, 9.17) is 0 Å². The minimum absolute atomic E-state index is 0.249. The number of alkyl halides is 3. The van der Waals surface area contributed by atoms with Crippen molar-refractivity contribution in [2.75, 3.05) is 0 Å². The maximum absolute atomic E-state index is 13.0. The van der Waals surface area contributed by atoms with Gasteiger partial charge in [-0.25, -0.2) is 4.98 Å². The molecule has 3 nitrogen and oxygen atoms in total. The van der Waals surface area contributed by atoms with E-state index >= 15 is 0 Å². The number of carbonyl (C=O) groups excluding carboxylic acids is 1. The highest BCUT2D eigenvalue weighted by atomic mass is 32.1. The van der Waals surface area contributed by atoms with Crippen molar-refractivity contribution >= 4 is 17.2 Å². The van der Waals surface area contributed by atoms with Crippen LogP contribution in [0.25, 0.3) is 11.3 Å². The molecule has 3 aromatic rings. The first-order chi connectivity index (χ1) is 13.8. The van der Waals surface area contributed by atoms with Crippen LogP contribution >= 0.6 is 11.3 Å². The zero-order valence-electron chi connectivity index (χ0n) is 15.7. The Kier molecular flexibility index (Phi) is 4.94. The average molecular weight is 416 g/mol. The molecule has 1 N–H and O–H groups in total. The molecule has 4 rings (SSSR count). The molecule has 1 atom stereocenters. The third kappa shape index (κ3) is 3.92. The van der Waals surface area contributed by atoms with Crippen molar-refractivity contribution in [3.05, 3.63) is 76.1 Å². The second-order valence-electron chi connectivity index (χ2n) is 7.29. The van der Waals surface area contributed by atoms with Gasteiger partial charge in [0.05, 0.1) is 22.7 Å². The number of carbonyl (C=O) groups is 1. The number of benzene rings is 2. The first-order valence-electron chi connectivity index (χ1n) is 9.29. The third-order valence-corrected chi connectivity index (χ3v) is 6.26. The first kappa shape index (κ1) is 19.6. The Morgan fingerprint density at radius 2 is 1.86 bits per heavy atom. The van der Waals surface area contributed by atoms with Crippen LogP contribution in [0.3, 0.4) is 0 Å². The quantitative estimate of drug-likeness (QED) is 0.576. The number of halogens is 3. The molecule has 0 spiro atoms. The molecule has 0 saturated heterocycles. The molecule has 29 heavy (non-hydrogen) atoms. The van der Waals surface area contributed by atoms with Crippen molar-refractivity contribution in [1.29, 1.82) is 0 Å². The number of aromatic nitrogens is 1. The SMILES string of the molecule is CC(NC(=O)C1(c2cccc(C(F)(F)F)c2)CC1)c1nc(-c2ccccc2)cs1. The van der Waals surface area contributed by atoms with E-state index in [9.17, 15) is 18.0 Å². The van der Waals surface area contributed by atoms with Gasteiger partial charge in [0.15, 0.2) is 0 Å². The molecule has 0 bridgehead atoms. The molecule has 1 aliphatic rings. The molecule has 1 aromatic heterocycles. The second-order valence-corrected chi connectivity index (χ2v) is 8.18. The van der Waals surface area contributed by atoms with Crippen LogP contribution in [0.5, 0.6) is 0 Å². The molecule has 1 aliphatic carbocycles. The lowest BCUT2D eigenvalue weighted by atomic mass is 9.93. The molecule has 2 aromatic carbocycles. The topological polar surface area (TPSA) is 42.0 Å². The van der Waals surface area contributed by atoms with E-state index in [2.05, 4.69) is 10.3 Å². The Morgan fingerprint density at radius 3 is 2.52 bits per heavy atom. The van der Waals surface area contributed by atoms with Gasteiger partial charge in [0.25, 0.3) is 0 Å². The molecule has 0 aliphatic heterocycles. The number of nitrogens with zero attached hydrogens (tertiary/aromatic N) is 1. The Hall–Kier alpha value is -2.67. The van der Waals surface area contributed by atoms with Crippen molar-refractivity contribution in [3.63, 3.8) is 0 Å². The van der Waals surface area contributed by atoms with Crippen molar-refractivity contribution < 1.29 is 18.0 Å². The summed E-state index contributed by atoms with van der Waals surface area (Å²) in [6.07, 6.45) is -3.34. The molecule has 1 fully saturated rings. The van der Waals surface area contributed by atoms with Crippen molar-refractivity contribution in [3.8, 4) is 11.3 Å². The van der Waals surface area contributed by atoms with Gasteiger partial charge in [-0.05, 0) is 31.4 Å². The highest BCUT2D eigenvalue weighted by Gasteiger charge is 2.52. The van der Waals surface area contributed by atoms with Gasteiger partial charge in [-0.1, -0.05) is 48.5 Å². The number of rotatable bonds is 5. The summed E-state index contributed by atoms with van der Waals surface area (Å²) in [5, 5.41) is 5.65. The first-order valence-corrected chi connectivity index (χ1v) is 10.2. The summed E-state index contributed by atoms with van der Waals surface area (Å²) >= 11 is 1.45. The molecule has 7 heteroatoms. The number of nitrogens with one attached hydrogen (secondary N) is 1.